The summed E-state index contributed by atoms with van der Waals surface area (Å²) in [4.78, 5) is 0. The van der Waals surface area contributed by atoms with Crippen LogP contribution in [0.3, 0.4) is 0 Å². The number of nitrogens with one attached hydrogen (secondary N) is 1. The molecule has 16 heavy (non-hydrogen) atoms. The third-order valence-electron chi connectivity index (χ3n) is 3.99. The van der Waals surface area contributed by atoms with Gasteiger partial charge in [0, 0.05) is 9.50 Å². The lowest BCUT2D eigenvalue weighted by Gasteiger charge is -2.38. The van der Waals surface area contributed by atoms with Gasteiger partial charge in [0.15, 0.2) is 0 Å². The molecule has 0 radical (unpaired) electrons. The van der Waals surface area contributed by atoms with E-state index in [4.69, 9.17) is 11.6 Å². The Labute approximate surface area is 110 Å². The molecular weight excluding hydrogens is 286 g/mol. The molecule has 1 aromatic rings. The first kappa shape index (κ1) is 11.1. The smallest absolute Gasteiger partial charge is 0.0441 e. The zero-order chi connectivity index (χ0) is 11.1. The maximum atomic E-state index is 6.31. The van der Waals surface area contributed by atoms with Gasteiger partial charge in [0.2, 0.25) is 0 Å². The minimum Gasteiger partial charge on any atom is -0.316 e. The van der Waals surface area contributed by atoms with Crippen LogP contribution in [-0.2, 0) is 6.42 Å². The van der Waals surface area contributed by atoms with Crippen molar-refractivity contribution in [2.45, 2.75) is 25.2 Å². The molecule has 1 aliphatic carbocycles. The van der Waals surface area contributed by atoms with Crippen molar-refractivity contribution in [3.05, 3.63) is 32.8 Å². The van der Waals surface area contributed by atoms with Gasteiger partial charge in [-0.1, -0.05) is 27.5 Å². The standard InChI is InChI=1S/C13H15BrClN/c14-11-3-4-12(15)10-2-1-8-7-16-6-5-9(8)13(10)11/h3-4,8-9,16H,1-2,5-7H2. The van der Waals surface area contributed by atoms with Crippen LogP contribution < -0.4 is 5.32 Å². The second-order valence-electron chi connectivity index (χ2n) is 4.82. The highest BCUT2D eigenvalue weighted by molar-refractivity contribution is 9.10. The van der Waals surface area contributed by atoms with Crippen molar-refractivity contribution in [1.29, 1.82) is 0 Å². The minimum absolute atomic E-state index is 0.707. The summed E-state index contributed by atoms with van der Waals surface area (Å²) in [6.45, 7) is 2.31. The van der Waals surface area contributed by atoms with Crippen LogP contribution in [0.2, 0.25) is 5.02 Å². The zero-order valence-electron chi connectivity index (χ0n) is 9.10. The first-order valence-corrected chi connectivity index (χ1v) is 7.12. The van der Waals surface area contributed by atoms with Crippen molar-refractivity contribution >= 4 is 27.5 Å². The van der Waals surface area contributed by atoms with E-state index in [1.54, 1.807) is 0 Å². The summed E-state index contributed by atoms with van der Waals surface area (Å²) in [6.07, 6.45) is 3.66. The molecule has 2 unspecified atom stereocenters. The molecular formula is C13H15BrClN. The van der Waals surface area contributed by atoms with Gasteiger partial charge in [0.05, 0.1) is 0 Å². The van der Waals surface area contributed by atoms with E-state index >= 15 is 0 Å². The SMILES string of the molecule is Clc1ccc(Br)c2c1CCC1CNCCC21. The van der Waals surface area contributed by atoms with Crippen LogP contribution in [-0.4, -0.2) is 13.1 Å². The molecule has 1 heterocycles. The summed E-state index contributed by atoms with van der Waals surface area (Å²) in [6, 6.07) is 4.12. The number of fused-ring (bicyclic) bond motifs is 3. The molecule has 3 heteroatoms. The molecule has 0 bridgehead atoms. The summed E-state index contributed by atoms with van der Waals surface area (Å²) in [5.41, 5.74) is 2.88. The van der Waals surface area contributed by atoms with Crippen molar-refractivity contribution in [3.8, 4) is 0 Å². The number of halogens is 2. The first-order chi connectivity index (χ1) is 7.77. The molecule has 2 atom stereocenters. The second-order valence-corrected chi connectivity index (χ2v) is 6.08. The summed E-state index contributed by atoms with van der Waals surface area (Å²) < 4.78 is 1.25. The monoisotopic (exact) mass is 299 g/mol. The topological polar surface area (TPSA) is 12.0 Å². The van der Waals surface area contributed by atoms with Gasteiger partial charge in [0.25, 0.3) is 0 Å². The van der Waals surface area contributed by atoms with Crippen molar-refractivity contribution in [2.24, 2.45) is 5.92 Å². The van der Waals surface area contributed by atoms with Gasteiger partial charge < -0.3 is 5.32 Å². The quantitative estimate of drug-likeness (QED) is 0.769. The van der Waals surface area contributed by atoms with E-state index in [0.717, 1.165) is 23.9 Å². The summed E-state index contributed by atoms with van der Waals surface area (Å²) in [5, 5.41) is 4.45. The highest BCUT2D eigenvalue weighted by Gasteiger charge is 2.33. The number of benzene rings is 1. The Morgan fingerprint density at radius 3 is 3.06 bits per heavy atom. The number of hydrogen-bond acceptors (Lipinski definition) is 1. The van der Waals surface area contributed by atoms with E-state index in [-0.39, 0.29) is 0 Å². The fourth-order valence-corrected chi connectivity index (χ4v) is 4.13. The molecule has 3 rings (SSSR count). The summed E-state index contributed by atoms with van der Waals surface area (Å²) >= 11 is 10.0. The Morgan fingerprint density at radius 2 is 2.19 bits per heavy atom. The molecule has 1 fully saturated rings. The average Bonchev–Trinajstić information content (AvgIpc) is 2.33. The predicted octanol–water partition coefficient (Wildman–Crippen LogP) is 3.74. The molecule has 0 amide bonds. The Morgan fingerprint density at radius 1 is 1.31 bits per heavy atom. The maximum Gasteiger partial charge on any atom is 0.0441 e. The van der Waals surface area contributed by atoms with Gasteiger partial charge in [-0.15, -0.1) is 0 Å². The number of hydrogen-bond donors (Lipinski definition) is 1. The van der Waals surface area contributed by atoms with Crippen molar-refractivity contribution in [1.82, 2.24) is 5.32 Å². The number of piperidine rings is 1. The van der Waals surface area contributed by atoms with Crippen molar-refractivity contribution in [2.75, 3.05) is 13.1 Å². The van der Waals surface area contributed by atoms with Crippen molar-refractivity contribution < 1.29 is 0 Å². The van der Waals surface area contributed by atoms with Gasteiger partial charge in [-0.3, -0.25) is 0 Å². The Hall–Kier alpha value is -0.0500. The Bertz CT molecular complexity index is 419. The highest BCUT2D eigenvalue weighted by atomic mass is 79.9. The lowest BCUT2D eigenvalue weighted by molar-refractivity contribution is 0.292. The van der Waals surface area contributed by atoms with E-state index in [1.165, 1.54) is 35.0 Å². The summed E-state index contributed by atoms with van der Waals surface area (Å²) in [5.74, 6) is 1.51. The van der Waals surface area contributed by atoms with Crippen LogP contribution in [0.25, 0.3) is 0 Å². The van der Waals surface area contributed by atoms with Crippen LogP contribution in [0, 0.1) is 5.92 Å². The molecule has 1 nitrogen and oxygen atoms in total. The van der Waals surface area contributed by atoms with Crippen LogP contribution in [0.5, 0.6) is 0 Å². The van der Waals surface area contributed by atoms with Crippen molar-refractivity contribution in [3.63, 3.8) is 0 Å². The first-order valence-electron chi connectivity index (χ1n) is 5.95. The van der Waals surface area contributed by atoms with Crippen LogP contribution in [0.1, 0.15) is 29.9 Å². The molecule has 1 saturated heterocycles. The largest absolute Gasteiger partial charge is 0.316 e. The van der Waals surface area contributed by atoms with Gasteiger partial charge >= 0.3 is 0 Å². The molecule has 2 aliphatic rings. The molecule has 0 saturated carbocycles. The minimum atomic E-state index is 0.707. The van der Waals surface area contributed by atoms with Gasteiger partial charge in [-0.25, -0.2) is 0 Å². The third-order valence-corrected chi connectivity index (χ3v) is 5.04. The Balaban J connectivity index is 2.10. The molecule has 1 N–H and O–H groups in total. The van der Waals surface area contributed by atoms with Crippen LogP contribution >= 0.6 is 27.5 Å². The van der Waals surface area contributed by atoms with Gasteiger partial charge in [0.1, 0.15) is 0 Å². The average molecular weight is 301 g/mol. The van der Waals surface area contributed by atoms with Gasteiger partial charge in [-0.05, 0) is 67.4 Å². The lowest BCUT2D eigenvalue weighted by atomic mass is 9.72. The van der Waals surface area contributed by atoms with Gasteiger partial charge in [-0.2, -0.15) is 0 Å². The molecule has 1 aliphatic heterocycles. The van der Waals surface area contributed by atoms with E-state index in [0.29, 0.717) is 5.92 Å². The van der Waals surface area contributed by atoms with E-state index in [2.05, 4.69) is 27.3 Å². The lowest BCUT2D eigenvalue weighted by Crippen LogP contribution is -2.38. The second kappa shape index (κ2) is 4.32. The van der Waals surface area contributed by atoms with E-state index < -0.39 is 0 Å². The fraction of sp³-hybridized carbons (Fsp3) is 0.538. The predicted molar refractivity (Wildman–Crippen MR) is 71.2 cm³/mol. The maximum absolute atomic E-state index is 6.31. The zero-order valence-corrected chi connectivity index (χ0v) is 11.4. The van der Waals surface area contributed by atoms with Crippen LogP contribution in [0.15, 0.2) is 16.6 Å². The third kappa shape index (κ3) is 1.71. The molecule has 0 spiro atoms. The van der Waals surface area contributed by atoms with E-state index in [9.17, 15) is 0 Å². The molecule has 86 valence electrons. The molecule has 0 aromatic heterocycles. The number of rotatable bonds is 0. The molecule has 1 aromatic carbocycles. The fourth-order valence-electron chi connectivity index (χ4n) is 3.20. The summed E-state index contributed by atoms with van der Waals surface area (Å²) in [7, 11) is 0. The van der Waals surface area contributed by atoms with Crippen LogP contribution in [0.4, 0.5) is 0 Å². The Kier molecular flexibility index (Phi) is 2.99. The van der Waals surface area contributed by atoms with E-state index in [1.807, 2.05) is 6.07 Å². The highest BCUT2D eigenvalue weighted by Crippen LogP contribution is 2.45. The normalized spacial score (nSPS) is 28.4.